The number of rotatable bonds is 8. The maximum absolute atomic E-state index is 12.6. The molecule has 2 heterocycles. The van der Waals surface area contributed by atoms with Crippen LogP contribution in [0.1, 0.15) is 41.4 Å². The lowest BCUT2D eigenvalue weighted by Gasteiger charge is -2.23. The molecule has 0 fully saturated rings. The van der Waals surface area contributed by atoms with Crippen LogP contribution in [0.3, 0.4) is 0 Å². The van der Waals surface area contributed by atoms with Gasteiger partial charge in [-0.05, 0) is 19.1 Å². The van der Waals surface area contributed by atoms with Crippen LogP contribution in [0.4, 0.5) is 17.6 Å². The molecule has 2 atom stereocenters. The second-order valence-corrected chi connectivity index (χ2v) is 6.58. The molecule has 1 amide bonds. The summed E-state index contributed by atoms with van der Waals surface area (Å²) in [5.41, 5.74) is 0.277. The Balaban J connectivity index is 1.92. The summed E-state index contributed by atoms with van der Waals surface area (Å²) in [7, 11) is 3.13. The minimum absolute atomic E-state index is 0.0538. The van der Waals surface area contributed by atoms with E-state index >= 15 is 0 Å². The van der Waals surface area contributed by atoms with Gasteiger partial charge in [-0.25, -0.2) is 18.7 Å². The Hall–Kier alpha value is -3.28. The van der Waals surface area contributed by atoms with Crippen LogP contribution in [0.15, 0.2) is 30.6 Å². The molecule has 0 saturated carbocycles. The molecule has 3 aromatic rings. The summed E-state index contributed by atoms with van der Waals surface area (Å²) in [5, 5.41) is 2.71. The molecule has 0 spiro atoms. The quantitative estimate of drug-likeness (QED) is 0.539. The zero-order chi connectivity index (χ0) is 22.7. The smallest absolute Gasteiger partial charge is 0.387 e. The molecule has 31 heavy (non-hydrogen) atoms. The Morgan fingerprint density at radius 3 is 2.48 bits per heavy atom. The number of nitrogens with zero attached hydrogens (tertiary/aromatic N) is 4. The summed E-state index contributed by atoms with van der Waals surface area (Å²) in [6.07, 6.45) is -1.57. The number of amides is 1. The van der Waals surface area contributed by atoms with E-state index in [1.54, 1.807) is 24.6 Å². The second kappa shape index (κ2) is 9.25. The number of carbonyl (C=O) groups is 1. The Kier molecular flexibility index (Phi) is 6.68. The number of aryl methyl sites for hydroxylation is 1. The lowest BCUT2D eigenvalue weighted by atomic mass is 10.1. The van der Waals surface area contributed by atoms with Crippen LogP contribution in [0.2, 0.25) is 0 Å². The molecule has 0 radical (unpaired) electrons. The molecule has 0 bridgehead atoms. The van der Waals surface area contributed by atoms with Gasteiger partial charge in [0.25, 0.3) is 12.3 Å². The Morgan fingerprint density at radius 1 is 1.16 bits per heavy atom. The van der Waals surface area contributed by atoms with Crippen molar-refractivity contribution < 1.29 is 31.8 Å². The van der Waals surface area contributed by atoms with Crippen LogP contribution >= 0.6 is 0 Å². The summed E-state index contributed by atoms with van der Waals surface area (Å²) in [6.45, 7) is -1.28. The van der Waals surface area contributed by atoms with Gasteiger partial charge in [-0.3, -0.25) is 9.78 Å². The van der Waals surface area contributed by atoms with E-state index < -0.39 is 36.8 Å². The number of hydrogen-bond acceptors (Lipinski definition) is 6. The van der Waals surface area contributed by atoms with E-state index in [1.807, 2.05) is 0 Å². The molecule has 0 aliphatic heterocycles. The third kappa shape index (κ3) is 4.90. The van der Waals surface area contributed by atoms with E-state index in [-0.39, 0.29) is 11.4 Å². The van der Waals surface area contributed by atoms with Crippen molar-refractivity contribution in [3.63, 3.8) is 0 Å². The highest BCUT2D eigenvalue weighted by molar-refractivity contribution is 5.92. The van der Waals surface area contributed by atoms with Crippen molar-refractivity contribution >= 4 is 16.9 Å². The maximum Gasteiger partial charge on any atom is 0.387 e. The van der Waals surface area contributed by atoms with Crippen LogP contribution in [0.5, 0.6) is 5.75 Å². The fourth-order valence-electron chi connectivity index (χ4n) is 2.96. The Bertz CT molecular complexity index is 1060. The molecule has 1 N–H and O–H groups in total. The number of aromatic nitrogens is 4. The molecule has 8 nitrogen and oxygen atoms in total. The number of nitrogens with one attached hydrogen (secondary N) is 1. The van der Waals surface area contributed by atoms with Crippen LogP contribution < -0.4 is 10.1 Å². The first-order chi connectivity index (χ1) is 14.7. The largest absolute Gasteiger partial charge is 0.435 e. The summed E-state index contributed by atoms with van der Waals surface area (Å²) in [6, 6.07) is 3.53. The van der Waals surface area contributed by atoms with Crippen molar-refractivity contribution in [3.05, 3.63) is 47.8 Å². The standard InChI is InChI=1S/C19H19F4N5O3/c1-9(30-3)15(27-18(29)13-8-24-12(7-25-13)16(20)21)17-26-11-6-10(31-19(22)23)4-5-14(11)28(17)2/h4-9,15-16,19H,1-3H3,(H,27,29)/t9-,15+/m1/s1. The fraction of sp³-hybridized carbons (Fsp3) is 0.368. The van der Waals surface area contributed by atoms with Gasteiger partial charge in [-0.1, -0.05) is 0 Å². The van der Waals surface area contributed by atoms with Crippen LogP contribution in [-0.4, -0.2) is 45.3 Å². The SMILES string of the molecule is CO[C@H](C)[C@H](NC(=O)c1cnc(C(F)F)cn1)c1nc2cc(OC(F)F)ccc2n1C. The number of benzene rings is 1. The molecule has 2 aromatic heterocycles. The first-order valence-electron chi connectivity index (χ1n) is 9.06. The van der Waals surface area contributed by atoms with Gasteiger partial charge in [0.15, 0.2) is 0 Å². The van der Waals surface area contributed by atoms with Crippen LogP contribution in [0, 0.1) is 0 Å². The first-order valence-corrected chi connectivity index (χ1v) is 9.06. The predicted molar refractivity (Wildman–Crippen MR) is 101 cm³/mol. The summed E-state index contributed by atoms with van der Waals surface area (Å²) >= 11 is 0. The number of fused-ring (bicyclic) bond motifs is 1. The summed E-state index contributed by atoms with van der Waals surface area (Å²) in [5.74, 6) is -0.345. The molecule has 12 heteroatoms. The molecule has 3 rings (SSSR count). The summed E-state index contributed by atoms with van der Waals surface area (Å²) < 4.78 is 61.7. The molecular formula is C19H19F4N5O3. The zero-order valence-corrected chi connectivity index (χ0v) is 16.7. The topological polar surface area (TPSA) is 91.2 Å². The third-order valence-electron chi connectivity index (χ3n) is 4.65. The molecule has 0 saturated heterocycles. The van der Waals surface area contributed by atoms with Gasteiger partial charge in [-0.15, -0.1) is 0 Å². The van der Waals surface area contributed by atoms with E-state index in [0.717, 1.165) is 12.4 Å². The van der Waals surface area contributed by atoms with Gasteiger partial charge in [0.2, 0.25) is 0 Å². The highest BCUT2D eigenvalue weighted by atomic mass is 19.3. The minimum Gasteiger partial charge on any atom is -0.435 e. The Labute approximate surface area is 174 Å². The second-order valence-electron chi connectivity index (χ2n) is 6.58. The number of hydrogen-bond donors (Lipinski definition) is 1. The molecule has 166 valence electrons. The van der Waals surface area contributed by atoms with Crippen molar-refractivity contribution in [2.75, 3.05) is 7.11 Å². The number of ether oxygens (including phenoxy) is 2. The molecule has 0 aliphatic carbocycles. The highest BCUT2D eigenvalue weighted by Crippen LogP contribution is 2.27. The van der Waals surface area contributed by atoms with E-state index in [9.17, 15) is 22.4 Å². The molecule has 0 unspecified atom stereocenters. The van der Waals surface area contributed by atoms with Crippen molar-refractivity contribution in [2.24, 2.45) is 7.05 Å². The van der Waals surface area contributed by atoms with E-state index in [0.29, 0.717) is 16.9 Å². The lowest BCUT2D eigenvalue weighted by molar-refractivity contribution is -0.0497. The van der Waals surface area contributed by atoms with E-state index in [2.05, 4.69) is 25.0 Å². The molecular weight excluding hydrogens is 422 g/mol. The highest BCUT2D eigenvalue weighted by Gasteiger charge is 2.28. The van der Waals surface area contributed by atoms with Gasteiger partial charge >= 0.3 is 6.61 Å². The normalized spacial score (nSPS) is 13.6. The number of imidazole rings is 1. The maximum atomic E-state index is 12.6. The average molecular weight is 441 g/mol. The monoisotopic (exact) mass is 441 g/mol. The zero-order valence-electron chi connectivity index (χ0n) is 16.7. The Morgan fingerprint density at radius 2 is 1.90 bits per heavy atom. The van der Waals surface area contributed by atoms with Crippen molar-refractivity contribution in [2.45, 2.75) is 32.1 Å². The van der Waals surface area contributed by atoms with Crippen LogP contribution in [0.25, 0.3) is 11.0 Å². The molecule has 0 aliphatic rings. The van der Waals surface area contributed by atoms with E-state index in [1.165, 1.54) is 19.2 Å². The fourth-order valence-corrected chi connectivity index (χ4v) is 2.96. The van der Waals surface area contributed by atoms with E-state index in [4.69, 9.17) is 4.74 Å². The summed E-state index contributed by atoms with van der Waals surface area (Å²) in [4.78, 5) is 24.3. The average Bonchev–Trinajstić information content (AvgIpc) is 3.06. The van der Waals surface area contributed by atoms with Crippen molar-refractivity contribution in [1.29, 1.82) is 0 Å². The van der Waals surface area contributed by atoms with Crippen molar-refractivity contribution in [3.8, 4) is 5.75 Å². The van der Waals surface area contributed by atoms with Gasteiger partial charge in [-0.2, -0.15) is 8.78 Å². The third-order valence-corrected chi connectivity index (χ3v) is 4.65. The lowest BCUT2D eigenvalue weighted by Crippen LogP contribution is -2.38. The first kappa shape index (κ1) is 22.4. The van der Waals surface area contributed by atoms with Crippen LogP contribution in [-0.2, 0) is 11.8 Å². The van der Waals surface area contributed by atoms with Crippen molar-refractivity contribution in [1.82, 2.24) is 24.8 Å². The number of carbonyl (C=O) groups excluding carboxylic acids is 1. The number of methoxy groups -OCH3 is 1. The molecule has 1 aromatic carbocycles. The predicted octanol–water partition coefficient (Wildman–Crippen LogP) is 3.41. The van der Waals surface area contributed by atoms with Gasteiger partial charge in [0.1, 0.15) is 29.0 Å². The number of halogens is 4. The minimum atomic E-state index is -2.97. The van der Waals surface area contributed by atoms with Gasteiger partial charge in [0, 0.05) is 20.2 Å². The van der Waals surface area contributed by atoms with Gasteiger partial charge in [0.05, 0.1) is 29.5 Å². The van der Waals surface area contributed by atoms with Gasteiger partial charge < -0.3 is 19.4 Å². The number of alkyl halides is 4.